The molecule has 0 heterocycles. The van der Waals surface area contributed by atoms with Gasteiger partial charge >= 0.3 is 0 Å². The maximum atomic E-state index is 11.8. The van der Waals surface area contributed by atoms with Gasteiger partial charge in [0.1, 0.15) is 5.92 Å². The van der Waals surface area contributed by atoms with Crippen LogP contribution in [-0.2, 0) is 4.79 Å². The second-order valence-electron chi connectivity index (χ2n) is 4.11. The number of nitrogens with one attached hydrogen (secondary N) is 1. The van der Waals surface area contributed by atoms with Crippen LogP contribution < -0.4 is 14.8 Å². The molecule has 0 aromatic heterocycles. The molecule has 0 aliphatic carbocycles. The molecule has 20 heavy (non-hydrogen) atoms. The van der Waals surface area contributed by atoms with E-state index in [-0.39, 0.29) is 5.91 Å². The largest absolute Gasteiger partial charge is 0.490 e. The molecular formula is C15H20N2O3. The molecule has 1 aromatic rings. The van der Waals surface area contributed by atoms with Crippen LogP contribution in [0.15, 0.2) is 18.2 Å². The number of amides is 1. The predicted molar refractivity (Wildman–Crippen MR) is 76.8 cm³/mol. The van der Waals surface area contributed by atoms with Crippen LogP contribution in [0.2, 0.25) is 0 Å². The molecule has 5 heteroatoms. The summed E-state index contributed by atoms with van der Waals surface area (Å²) in [7, 11) is 0. The van der Waals surface area contributed by atoms with Crippen molar-refractivity contribution in [2.45, 2.75) is 27.2 Å². The van der Waals surface area contributed by atoms with Crippen molar-refractivity contribution < 1.29 is 14.3 Å². The van der Waals surface area contributed by atoms with Gasteiger partial charge in [-0.3, -0.25) is 4.79 Å². The van der Waals surface area contributed by atoms with Gasteiger partial charge in [0.05, 0.1) is 19.3 Å². The Balaban J connectivity index is 2.89. The van der Waals surface area contributed by atoms with E-state index < -0.39 is 5.92 Å². The van der Waals surface area contributed by atoms with Crippen molar-refractivity contribution in [3.63, 3.8) is 0 Å². The molecule has 5 nitrogen and oxygen atoms in total. The van der Waals surface area contributed by atoms with E-state index in [1.54, 1.807) is 25.1 Å². The minimum Gasteiger partial charge on any atom is -0.490 e. The van der Waals surface area contributed by atoms with E-state index in [4.69, 9.17) is 14.7 Å². The highest BCUT2D eigenvalue weighted by Crippen LogP contribution is 2.30. The maximum absolute atomic E-state index is 11.8. The number of rotatable bonds is 7. The SMILES string of the molecule is CCOc1ccc(NC(=O)C(C#N)CC)cc1OCC. The molecule has 0 aliphatic rings. The molecule has 108 valence electrons. The smallest absolute Gasteiger partial charge is 0.241 e. The average Bonchev–Trinajstić information content (AvgIpc) is 2.43. The summed E-state index contributed by atoms with van der Waals surface area (Å²) >= 11 is 0. The van der Waals surface area contributed by atoms with Gasteiger partial charge in [-0.15, -0.1) is 0 Å². The van der Waals surface area contributed by atoms with Gasteiger partial charge in [-0.2, -0.15) is 5.26 Å². The number of nitrogens with zero attached hydrogens (tertiary/aromatic N) is 1. The van der Waals surface area contributed by atoms with Crippen LogP contribution in [0, 0.1) is 17.2 Å². The average molecular weight is 276 g/mol. The van der Waals surface area contributed by atoms with Gasteiger partial charge in [-0.25, -0.2) is 0 Å². The van der Waals surface area contributed by atoms with Gasteiger partial charge in [-0.1, -0.05) is 6.92 Å². The third-order valence-corrected chi connectivity index (χ3v) is 2.69. The first-order valence-corrected chi connectivity index (χ1v) is 6.76. The highest BCUT2D eigenvalue weighted by molar-refractivity contribution is 5.94. The highest BCUT2D eigenvalue weighted by Gasteiger charge is 2.16. The van der Waals surface area contributed by atoms with E-state index >= 15 is 0 Å². The van der Waals surface area contributed by atoms with Crippen molar-refractivity contribution in [1.29, 1.82) is 5.26 Å². The third kappa shape index (κ3) is 4.16. The number of ether oxygens (including phenoxy) is 2. The van der Waals surface area contributed by atoms with E-state index in [2.05, 4.69) is 5.32 Å². The van der Waals surface area contributed by atoms with Crippen molar-refractivity contribution in [2.24, 2.45) is 5.92 Å². The van der Waals surface area contributed by atoms with Crippen LogP contribution in [-0.4, -0.2) is 19.1 Å². The third-order valence-electron chi connectivity index (χ3n) is 2.69. The van der Waals surface area contributed by atoms with Gasteiger partial charge < -0.3 is 14.8 Å². The van der Waals surface area contributed by atoms with Gasteiger partial charge in [0, 0.05) is 11.8 Å². The maximum Gasteiger partial charge on any atom is 0.241 e. The highest BCUT2D eigenvalue weighted by atomic mass is 16.5. The molecule has 0 bridgehead atoms. The standard InChI is InChI=1S/C15H20N2O3/c1-4-11(10-16)15(18)17-12-7-8-13(19-5-2)14(9-12)20-6-3/h7-9,11H,4-6H2,1-3H3,(H,17,18). The van der Waals surface area contributed by atoms with Crippen LogP contribution >= 0.6 is 0 Å². The first-order chi connectivity index (χ1) is 9.65. The van der Waals surface area contributed by atoms with Gasteiger partial charge in [0.25, 0.3) is 0 Å². The topological polar surface area (TPSA) is 71.3 Å². The molecule has 1 atom stereocenters. The number of hydrogen-bond acceptors (Lipinski definition) is 4. The number of carbonyl (C=O) groups is 1. The van der Waals surface area contributed by atoms with Crippen LogP contribution in [0.5, 0.6) is 11.5 Å². The second-order valence-corrected chi connectivity index (χ2v) is 4.11. The van der Waals surface area contributed by atoms with E-state index in [1.165, 1.54) is 0 Å². The molecular weight excluding hydrogens is 256 g/mol. The first-order valence-electron chi connectivity index (χ1n) is 6.76. The number of carbonyl (C=O) groups excluding carboxylic acids is 1. The zero-order valence-electron chi connectivity index (χ0n) is 12.1. The molecule has 0 saturated carbocycles. The van der Waals surface area contributed by atoms with Gasteiger partial charge in [0.2, 0.25) is 5.91 Å². The minimum atomic E-state index is -0.642. The molecule has 0 radical (unpaired) electrons. The summed E-state index contributed by atoms with van der Waals surface area (Å²) in [6.45, 7) is 6.62. The fourth-order valence-electron chi connectivity index (χ4n) is 1.69. The monoisotopic (exact) mass is 276 g/mol. The van der Waals surface area contributed by atoms with Crippen LogP contribution in [0.3, 0.4) is 0 Å². The number of hydrogen-bond donors (Lipinski definition) is 1. The normalized spacial score (nSPS) is 11.3. The molecule has 1 amide bonds. The lowest BCUT2D eigenvalue weighted by atomic mass is 10.1. The van der Waals surface area contributed by atoms with Crippen LogP contribution in [0.4, 0.5) is 5.69 Å². The summed E-state index contributed by atoms with van der Waals surface area (Å²) < 4.78 is 10.9. The molecule has 1 aromatic carbocycles. The molecule has 0 spiro atoms. The minimum absolute atomic E-state index is 0.304. The first kappa shape index (κ1) is 15.8. The van der Waals surface area contributed by atoms with Crippen LogP contribution in [0.25, 0.3) is 0 Å². The summed E-state index contributed by atoms with van der Waals surface area (Å²) in [5.74, 6) is 0.274. The lowest BCUT2D eigenvalue weighted by Crippen LogP contribution is -2.20. The van der Waals surface area contributed by atoms with E-state index in [0.717, 1.165) is 0 Å². The Labute approximate surface area is 119 Å². The summed E-state index contributed by atoms with van der Waals surface area (Å²) in [6.07, 6.45) is 0.484. The molecule has 1 unspecified atom stereocenters. The Kier molecular flexibility index (Phi) is 6.38. The zero-order valence-corrected chi connectivity index (χ0v) is 12.1. The van der Waals surface area contributed by atoms with Crippen LogP contribution in [0.1, 0.15) is 27.2 Å². The van der Waals surface area contributed by atoms with Gasteiger partial charge in [0.15, 0.2) is 11.5 Å². The molecule has 0 aliphatic heterocycles. The van der Waals surface area contributed by atoms with Crippen molar-refractivity contribution in [3.05, 3.63) is 18.2 Å². The zero-order chi connectivity index (χ0) is 15.0. The second kappa shape index (κ2) is 8.05. The quantitative estimate of drug-likeness (QED) is 0.831. The molecule has 0 fully saturated rings. The lowest BCUT2D eigenvalue weighted by Gasteiger charge is -2.13. The number of benzene rings is 1. The predicted octanol–water partition coefficient (Wildman–Crippen LogP) is 2.97. The Bertz CT molecular complexity index is 494. The number of nitriles is 1. The lowest BCUT2D eigenvalue weighted by molar-refractivity contribution is -0.118. The Hall–Kier alpha value is -2.22. The Morgan fingerprint density at radius 2 is 1.90 bits per heavy atom. The van der Waals surface area contributed by atoms with Crippen molar-refractivity contribution in [1.82, 2.24) is 0 Å². The van der Waals surface area contributed by atoms with E-state index in [9.17, 15) is 4.79 Å². The summed E-state index contributed by atoms with van der Waals surface area (Å²) in [4.78, 5) is 11.8. The molecule has 0 saturated heterocycles. The molecule has 1 N–H and O–H groups in total. The fourth-order valence-corrected chi connectivity index (χ4v) is 1.69. The van der Waals surface area contributed by atoms with Crippen molar-refractivity contribution in [2.75, 3.05) is 18.5 Å². The van der Waals surface area contributed by atoms with E-state index in [1.807, 2.05) is 19.9 Å². The fraction of sp³-hybridized carbons (Fsp3) is 0.467. The summed E-state index contributed by atoms with van der Waals surface area (Å²) in [6, 6.07) is 7.16. The Morgan fingerprint density at radius 1 is 1.25 bits per heavy atom. The Morgan fingerprint density at radius 3 is 2.45 bits per heavy atom. The van der Waals surface area contributed by atoms with Gasteiger partial charge in [-0.05, 0) is 32.4 Å². The van der Waals surface area contributed by atoms with Crippen molar-refractivity contribution >= 4 is 11.6 Å². The van der Waals surface area contributed by atoms with Crippen molar-refractivity contribution in [3.8, 4) is 17.6 Å². The summed E-state index contributed by atoms with van der Waals surface area (Å²) in [5.41, 5.74) is 0.593. The number of anilines is 1. The van der Waals surface area contributed by atoms with E-state index in [0.29, 0.717) is 36.8 Å². The molecule has 1 rings (SSSR count). The summed E-state index contributed by atoms with van der Waals surface area (Å²) in [5, 5.41) is 11.6.